The van der Waals surface area contributed by atoms with Crippen molar-refractivity contribution in [2.24, 2.45) is 5.92 Å². The van der Waals surface area contributed by atoms with Crippen LogP contribution >= 0.6 is 0 Å². The van der Waals surface area contributed by atoms with Gasteiger partial charge in [0.25, 0.3) is 5.91 Å². The van der Waals surface area contributed by atoms with E-state index in [0.29, 0.717) is 18.1 Å². The highest BCUT2D eigenvalue weighted by atomic mass is 16.5. The lowest BCUT2D eigenvalue weighted by atomic mass is 9.91. The third-order valence-corrected chi connectivity index (χ3v) is 4.27. The van der Waals surface area contributed by atoms with Crippen molar-refractivity contribution in [2.75, 3.05) is 20.7 Å². The van der Waals surface area contributed by atoms with Crippen LogP contribution in [0.4, 0.5) is 0 Å². The molecule has 0 saturated heterocycles. The van der Waals surface area contributed by atoms with Gasteiger partial charge < -0.3 is 9.64 Å². The van der Waals surface area contributed by atoms with Crippen molar-refractivity contribution >= 4 is 5.91 Å². The van der Waals surface area contributed by atoms with Gasteiger partial charge in [0.15, 0.2) is 0 Å². The van der Waals surface area contributed by atoms with Gasteiger partial charge in [-0.2, -0.15) is 0 Å². The van der Waals surface area contributed by atoms with Gasteiger partial charge in [0.05, 0.1) is 17.9 Å². The zero-order valence-electron chi connectivity index (χ0n) is 13.7. The summed E-state index contributed by atoms with van der Waals surface area (Å²) in [5.41, 5.74) is 2.83. The van der Waals surface area contributed by atoms with Crippen LogP contribution < -0.4 is 4.74 Å². The Hall–Kier alpha value is -2.36. The molecule has 1 amide bonds. The van der Waals surface area contributed by atoms with E-state index in [1.165, 1.54) is 5.56 Å². The fourth-order valence-corrected chi connectivity index (χ4v) is 3.05. The smallest absolute Gasteiger partial charge is 0.255 e. The molecular weight excluding hydrogens is 288 g/mol. The summed E-state index contributed by atoms with van der Waals surface area (Å²) in [6.45, 7) is 0.714. The lowest BCUT2D eigenvalue weighted by Crippen LogP contribution is -2.24. The first-order valence-corrected chi connectivity index (χ1v) is 8.01. The summed E-state index contributed by atoms with van der Waals surface area (Å²) >= 11 is 0. The van der Waals surface area contributed by atoms with E-state index >= 15 is 0 Å². The summed E-state index contributed by atoms with van der Waals surface area (Å²) in [5, 5.41) is 0. The summed E-state index contributed by atoms with van der Waals surface area (Å²) in [5.74, 6) is 1.43. The van der Waals surface area contributed by atoms with E-state index in [-0.39, 0.29) is 5.91 Å². The quantitative estimate of drug-likeness (QED) is 0.875. The molecule has 120 valence electrons. The average molecular weight is 310 g/mol. The fourth-order valence-electron chi connectivity index (χ4n) is 3.05. The fraction of sp³-hybridized carbons (Fsp3) is 0.368. The lowest BCUT2D eigenvalue weighted by molar-refractivity contribution is 0.0825. The van der Waals surface area contributed by atoms with Gasteiger partial charge >= 0.3 is 0 Å². The molecule has 1 atom stereocenters. The van der Waals surface area contributed by atoms with Gasteiger partial charge in [0.2, 0.25) is 0 Å². The number of pyridine rings is 1. The summed E-state index contributed by atoms with van der Waals surface area (Å²) in [4.78, 5) is 18.4. The van der Waals surface area contributed by atoms with Crippen molar-refractivity contribution < 1.29 is 9.53 Å². The van der Waals surface area contributed by atoms with Gasteiger partial charge in [-0.3, -0.25) is 9.78 Å². The van der Waals surface area contributed by atoms with Crippen molar-refractivity contribution in [3.05, 3.63) is 59.4 Å². The molecule has 2 heterocycles. The highest BCUT2D eigenvalue weighted by Gasteiger charge is 2.21. The summed E-state index contributed by atoms with van der Waals surface area (Å²) in [6.07, 6.45) is 4.50. The molecule has 0 bridgehead atoms. The first-order chi connectivity index (χ1) is 11.1. The molecule has 4 heteroatoms. The summed E-state index contributed by atoms with van der Waals surface area (Å²) in [7, 11) is 3.55. The predicted octanol–water partition coefficient (Wildman–Crippen LogP) is 2.97. The standard InChI is InChI=1S/C19H22N2O2/c1-21(2)19(22)16-7-5-10-20-17(16)13-14-9-11-23-18-8-4-3-6-15(18)12-14/h3-8,10,14H,9,11-13H2,1-2H3/t14-/m0/s1. The van der Waals surface area contributed by atoms with Crippen molar-refractivity contribution in [2.45, 2.75) is 19.3 Å². The van der Waals surface area contributed by atoms with Gasteiger partial charge in [-0.25, -0.2) is 0 Å². The Labute approximate surface area is 137 Å². The van der Waals surface area contributed by atoms with Crippen LogP contribution in [0.15, 0.2) is 42.6 Å². The maximum Gasteiger partial charge on any atom is 0.255 e. The van der Waals surface area contributed by atoms with Gasteiger partial charge in [-0.15, -0.1) is 0 Å². The molecule has 3 rings (SSSR count). The molecule has 23 heavy (non-hydrogen) atoms. The number of para-hydroxylation sites is 1. The number of fused-ring (bicyclic) bond motifs is 1. The number of aromatic nitrogens is 1. The van der Waals surface area contributed by atoms with Crippen LogP contribution in [0, 0.1) is 5.92 Å². The number of nitrogens with zero attached hydrogens (tertiary/aromatic N) is 2. The van der Waals surface area contributed by atoms with E-state index in [2.05, 4.69) is 11.1 Å². The van der Waals surface area contributed by atoms with E-state index in [0.717, 1.165) is 30.7 Å². The predicted molar refractivity (Wildman–Crippen MR) is 89.7 cm³/mol. The highest BCUT2D eigenvalue weighted by Crippen LogP contribution is 2.28. The molecule has 0 radical (unpaired) electrons. The van der Waals surface area contributed by atoms with Gasteiger partial charge in [0.1, 0.15) is 5.75 Å². The summed E-state index contributed by atoms with van der Waals surface area (Å²) in [6, 6.07) is 11.9. The third kappa shape index (κ3) is 3.52. The van der Waals surface area contributed by atoms with Crippen molar-refractivity contribution in [1.29, 1.82) is 0 Å². The first-order valence-electron chi connectivity index (χ1n) is 8.01. The molecule has 1 aliphatic rings. The number of hydrogen-bond donors (Lipinski definition) is 0. The first kappa shape index (κ1) is 15.5. The Balaban J connectivity index is 1.81. The van der Waals surface area contributed by atoms with Crippen LogP contribution in [0.5, 0.6) is 5.75 Å². The number of carbonyl (C=O) groups excluding carboxylic acids is 1. The summed E-state index contributed by atoms with van der Waals surface area (Å²) < 4.78 is 5.84. The van der Waals surface area contributed by atoms with Crippen LogP contribution in [-0.2, 0) is 12.8 Å². The Bertz CT molecular complexity index is 697. The average Bonchev–Trinajstić information content (AvgIpc) is 2.76. The SMILES string of the molecule is CN(C)C(=O)c1cccnc1C[C@H]1CCOc2ccccc2C1. The number of ether oxygens (including phenoxy) is 1. The van der Waals surface area contributed by atoms with E-state index in [1.807, 2.05) is 30.3 Å². The molecule has 1 aromatic carbocycles. The lowest BCUT2D eigenvalue weighted by Gasteiger charge is -2.17. The minimum Gasteiger partial charge on any atom is -0.493 e. The van der Waals surface area contributed by atoms with Crippen LogP contribution in [-0.4, -0.2) is 36.5 Å². The second-order valence-electron chi connectivity index (χ2n) is 6.22. The number of carbonyl (C=O) groups is 1. The molecule has 0 N–H and O–H groups in total. The van der Waals surface area contributed by atoms with E-state index < -0.39 is 0 Å². The molecule has 1 aliphatic heterocycles. The molecule has 1 aromatic heterocycles. The van der Waals surface area contributed by atoms with Gasteiger partial charge in [0, 0.05) is 20.3 Å². The highest BCUT2D eigenvalue weighted by molar-refractivity contribution is 5.94. The van der Waals surface area contributed by atoms with Gasteiger partial charge in [-0.1, -0.05) is 18.2 Å². The largest absolute Gasteiger partial charge is 0.493 e. The van der Waals surface area contributed by atoms with Crippen LogP contribution in [0.1, 0.15) is 28.0 Å². The second-order valence-corrected chi connectivity index (χ2v) is 6.22. The maximum atomic E-state index is 12.3. The Morgan fingerprint density at radius 2 is 2.09 bits per heavy atom. The zero-order valence-corrected chi connectivity index (χ0v) is 13.7. The normalized spacial score (nSPS) is 16.9. The van der Waals surface area contributed by atoms with Crippen LogP contribution in [0.2, 0.25) is 0 Å². The van der Waals surface area contributed by atoms with Crippen molar-refractivity contribution in [1.82, 2.24) is 9.88 Å². The molecular formula is C19H22N2O2. The molecule has 0 unspecified atom stereocenters. The molecule has 0 saturated carbocycles. The topological polar surface area (TPSA) is 42.4 Å². The maximum absolute atomic E-state index is 12.3. The van der Waals surface area contributed by atoms with E-state index in [1.54, 1.807) is 25.2 Å². The Morgan fingerprint density at radius 1 is 1.26 bits per heavy atom. The Morgan fingerprint density at radius 3 is 2.91 bits per heavy atom. The molecule has 0 fully saturated rings. The van der Waals surface area contributed by atoms with Crippen molar-refractivity contribution in [3.8, 4) is 5.75 Å². The minimum atomic E-state index is 0.0124. The second kappa shape index (κ2) is 6.82. The molecule has 0 spiro atoms. The number of hydrogen-bond acceptors (Lipinski definition) is 3. The number of amides is 1. The zero-order chi connectivity index (χ0) is 16.2. The molecule has 2 aromatic rings. The molecule has 4 nitrogen and oxygen atoms in total. The van der Waals surface area contributed by atoms with E-state index in [4.69, 9.17) is 4.74 Å². The molecule has 0 aliphatic carbocycles. The van der Waals surface area contributed by atoms with Crippen LogP contribution in [0.3, 0.4) is 0 Å². The number of rotatable bonds is 3. The van der Waals surface area contributed by atoms with Crippen molar-refractivity contribution in [3.63, 3.8) is 0 Å². The Kier molecular flexibility index (Phi) is 4.60. The third-order valence-electron chi connectivity index (χ3n) is 4.27. The monoisotopic (exact) mass is 310 g/mol. The minimum absolute atomic E-state index is 0.0124. The van der Waals surface area contributed by atoms with Crippen LogP contribution in [0.25, 0.3) is 0 Å². The van der Waals surface area contributed by atoms with E-state index in [9.17, 15) is 4.79 Å². The van der Waals surface area contributed by atoms with Gasteiger partial charge in [-0.05, 0) is 48.9 Å². The number of benzene rings is 1.